The number of nitrogens with one attached hydrogen (secondary N) is 2. The number of amides is 1. The van der Waals surface area contributed by atoms with Crippen LogP contribution >= 0.6 is 0 Å². The summed E-state index contributed by atoms with van der Waals surface area (Å²) in [6.07, 6.45) is 3.67. The van der Waals surface area contributed by atoms with E-state index in [1.54, 1.807) is 0 Å². The Balaban J connectivity index is 2.03. The van der Waals surface area contributed by atoms with E-state index in [4.69, 9.17) is 0 Å². The summed E-state index contributed by atoms with van der Waals surface area (Å²) in [5.41, 5.74) is 3.30. The lowest BCUT2D eigenvalue weighted by atomic mass is 9.99. The van der Waals surface area contributed by atoms with Gasteiger partial charge in [-0.25, -0.2) is 0 Å². The highest BCUT2D eigenvalue weighted by Crippen LogP contribution is 2.20. The minimum Gasteiger partial charge on any atom is -0.385 e. The standard InChI is InChI=1S/C24H35N3O/c1-5-6-10-17-25-22-15-13-21(14-16-22)23(18-27(3)4)26-24(28)19(2)20-11-8-7-9-12-20/h7-9,11-16,19,23,25H,5-6,10,17-18H2,1-4H3,(H,26,28). The van der Waals surface area contributed by atoms with Gasteiger partial charge in [-0.3, -0.25) is 4.79 Å². The zero-order chi connectivity index (χ0) is 20.4. The SMILES string of the molecule is CCCCCNc1ccc(C(CN(C)C)NC(=O)C(C)c2ccccc2)cc1. The van der Waals surface area contributed by atoms with E-state index < -0.39 is 0 Å². The van der Waals surface area contributed by atoms with Crippen LogP contribution in [0.25, 0.3) is 0 Å². The van der Waals surface area contributed by atoms with Crippen LogP contribution < -0.4 is 10.6 Å². The lowest BCUT2D eigenvalue weighted by Gasteiger charge is -2.25. The Morgan fingerprint density at radius 1 is 0.964 bits per heavy atom. The monoisotopic (exact) mass is 381 g/mol. The molecule has 1 amide bonds. The van der Waals surface area contributed by atoms with Crippen LogP contribution in [-0.2, 0) is 4.79 Å². The predicted molar refractivity (Wildman–Crippen MR) is 119 cm³/mol. The minimum atomic E-state index is -0.176. The van der Waals surface area contributed by atoms with E-state index in [0.29, 0.717) is 0 Å². The fourth-order valence-electron chi connectivity index (χ4n) is 3.23. The van der Waals surface area contributed by atoms with Gasteiger partial charge in [0, 0.05) is 18.8 Å². The van der Waals surface area contributed by atoms with Gasteiger partial charge in [0.15, 0.2) is 0 Å². The highest BCUT2D eigenvalue weighted by molar-refractivity contribution is 5.83. The van der Waals surface area contributed by atoms with E-state index in [1.165, 1.54) is 19.3 Å². The molecule has 0 aliphatic rings. The number of hydrogen-bond donors (Lipinski definition) is 2. The molecule has 2 N–H and O–H groups in total. The summed E-state index contributed by atoms with van der Waals surface area (Å²) in [5.74, 6) is -0.120. The lowest BCUT2D eigenvalue weighted by Crippen LogP contribution is -2.37. The van der Waals surface area contributed by atoms with Crippen LogP contribution in [0.15, 0.2) is 54.6 Å². The van der Waals surface area contributed by atoms with Gasteiger partial charge in [-0.2, -0.15) is 0 Å². The number of carbonyl (C=O) groups is 1. The van der Waals surface area contributed by atoms with E-state index in [-0.39, 0.29) is 17.9 Å². The molecule has 0 saturated heterocycles. The minimum absolute atomic E-state index is 0.0391. The van der Waals surface area contributed by atoms with Crippen molar-refractivity contribution >= 4 is 11.6 Å². The zero-order valence-electron chi connectivity index (χ0n) is 17.7. The van der Waals surface area contributed by atoms with Gasteiger partial charge in [0.1, 0.15) is 0 Å². The number of carbonyl (C=O) groups excluding carboxylic acids is 1. The number of benzene rings is 2. The molecule has 0 heterocycles. The number of hydrogen-bond acceptors (Lipinski definition) is 3. The van der Waals surface area contributed by atoms with Gasteiger partial charge in [0.25, 0.3) is 0 Å². The largest absolute Gasteiger partial charge is 0.385 e. The van der Waals surface area contributed by atoms with Crippen molar-refractivity contribution in [2.24, 2.45) is 0 Å². The first-order chi connectivity index (χ1) is 13.5. The normalized spacial score (nSPS) is 13.2. The third-order valence-electron chi connectivity index (χ3n) is 4.98. The second kappa shape index (κ2) is 11.5. The van der Waals surface area contributed by atoms with Crippen molar-refractivity contribution in [3.63, 3.8) is 0 Å². The summed E-state index contributed by atoms with van der Waals surface area (Å²) in [6, 6.07) is 18.3. The third kappa shape index (κ3) is 7.01. The Labute approximate surface area is 170 Å². The van der Waals surface area contributed by atoms with Gasteiger partial charge in [-0.05, 0) is 50.7 Å². The molecule has 0 radical (unpaired) electrons. The van der Waals surface area contributed by atoms with Crippen molar-refractivity contribution in [3.8, 4) is 0 Å². The fourth-order valence-corrected chi connectivity index (χ4v) is 3.23. The van der Waals surface area contributed by atoms with Crippen LogP contribution in [0, 0.1) is 0 Å². The molecule has 0 fully saturated rings. The number of nitrogens with zero attached hydrogens (tertiary/aromatic N) is 1. The van der Waals surface area contributed by atoms with Crippen molar-refractivity contribution in [2.45, 2.75) is 45.1 Å². The smallest absolute Gasteiger partial charge is 0.227 e. The molecular formula is C24H35N3O. The third-order valence-corrected chi connectivity index (χ3v) is 4.98. The van der Waals surface area contributed by atoms with Gasteiger partial charge in [0.05, 0.1) is 12.0 Å². The molecule has 0 aliphatic heterocycles. The number of rotatable bonds is 11. The summed E-state index contributed by atoms with van der Waals surface area (Å²) in [6.45, 7) is 5.93. The van der Waals surface area contributed by atoms with Gasteiger partial charge in [0.2, 0.25) is 5.91 Å². The molecule has 4 heteroatoms. The molecule has 0 bridgehead atoms. The van der Waals surface area contributed by atoms with Gasteiger partial charge in [-0.1, -0.05) is 62.2 Å². The molecule has 2 unspecified atom stereocenters. The lowest BCUT2D eigenvalue weighted by molar-refractivity contribution is -0.123. The Kier molecular flexibility index (Phi) is 9.02. The van der Waals surface area contributed by atoms with E-state index >= 15 is 0 Å². The first-order valence-corrected chi connectivity index (χ1v) is 10.3. The summed E-state index contributed by atoms with van der Waals surface area (Å²) in [7, 11) is 4.06. The molecule has 4 nitrogen and oxygen atoms in total. The summed E-state index contributed by atoms with van der Waals surface area (Å²) in [5, 5.41) is 6.71. The highest BCUT2D eigenvalue weighted by atomic mass is 16.1. The van der Waals surface area contributed by atoms with Crippen LogP contribution in [0.1, 0.15) is 56.2 Å². The molecule has 2 atom stereocenters. The summed E-state index contributed by atoms with van der Waals surface area (Å²) < 4.78 is 0. The van der Waals surface area contributed by atoms with Crippen LogP contribution in [-0.4, -0.2) is 38.0 Å². The van der Waals surface area contributed by atoms with Crippen molar-refractivity contribution in [3.05, 3.63) is 65.7 Å². The maximum atomic E-state index is 12.8. The zero-order valence-corrected chi connectivity index (χ0v) is 17.7. The second-order valence-electron chi connectivity index (χ2n) is 7.71. The molecule has 2 aromatic rings. The van der Waals surface area contributed by atoms with E-state index in [2.05, 4.69) is 46.7 Å². The van der Waals surface area contributed by atoms with Crippen LogP contribution in [0.2, 0.25) is 0 Å². The Morgan fingerprint density at radius 2 is 1.64 bits per heavy atom. The van der Waals surface area contributed by atoms with Gasteiger partial charge in [-0.15, -0.1) is 0 Å². The number of anilines is 1. The molecule has 152 valence electrons. The molecule has 0 saturated carbocycles. The molecule has 0 aliphatic carbocycles. The second-order valence-corrected chi connectivity index (χ2v) is 7.71. The molecule has 28 heavy (non-hydrogen) atoms. The maximum Gasteiger partial charge on any atom is 0.227 e. The number of likely N-dealkylation sites (N-methyl/N-ethyl adjacent to an activating group) is 1. The Hall–Kier alpha value is -2.33. The topological polar surface area (TPSA) is 44.4 Å². The average Bonchev–Trinajstić information content (AvgIpc) is 2.71. The van der Waals surface area contributed by atoms with Crippen LogP contribution in [0.4, 0.5) is 5.69 Å². The molecule has 0 spiro atoms. The van der Waals surface area contributed by atoms with Crippen LogP contribution in [0.3, 0.4) is 0 Å². The summed E-state index contributed by atoms with van der Waals surface area (Å²) in [4.78, 5) is 14.9. The first kappa shape index (κ1) is 22.0. The van der Waals surface area contributed by atoms with Gasteiger partial charge >= 0.3 is 0 Å². The Morgan fingerprint density at radius 3 is 2.25 bits per heavy atom. The van der Waals surface area contributed by atoms with E-state index in [9.17, 15) is 4.79 Å². The average molecular weight is 382 g/mol. The van der Waals surface area contributed by atoms with Crippen LogP contribution in [0.5, 0.6) is 0 Å². The summed E-state index contributed by atoms with van der Waals surface area (Å²) >= 11 is 0. The van der Waals surface area contributed by atoms with E-state index in [1.807, 2.05) is 51.4 Å². The van der Waals surface area contributed by atoms with Crippen molar-refractivity contribution in [1.29, 1.82) is 0 Å². The van der Waals surface area contributed by atoms with Crippen molar-refractivity contribution in [2.75, 3.05) is 32.5 Å². The fraction of sp³-hybridized carbons (Fsp3) is 0.458. The maximum absolute atomic E-state index is 12.8. The van der Waals surface area contributed by atoms with E-state index in [0.717, 1.165) is 29.9 Å². The molecule has 0 aromatic heterocycles. The highest BCUT2D eigenvalue weighted by Gasteiger charge is 2.20. The predicted octanol–water partition coefficient (Wildman–Crippen LogP) is 4.81. The molecule has 2 rings (SSSR count). The number of unbranched alkanes of at least 4 members (excludes halogenated alkanes) is 2. The Bertz CT molecular complexity index is 698. The molecule has 2 aromatic carbocycles. The quantitative estimate of drug-likeness (QED) is 0.549. The first-order valence-electron chi connectivity index (χ1n) is 10.3. The van der Waals surface area contributed by atoms with Gasteiger partial charge < -0.3 is 15.5 Å². The van der Waals surface area contributed by atoms with Crippen molar-refractivity contribution in [1.82, 2.24) is 10.2 Å². The molecular weight excluding hydrogens is 346 g/mol. The van der Waals surface area contributed by atoms with Crippen molar-refractivity contribution < 1.29 is 4.79 Å².